The number of hydrogen-bond acceptors (Lipinski definition) is 4. The van der Waals surface area contributed by atoms with Gasteiger partial charge in [0.25, 0.3) is 0 Å². The summed E-state index contributed by atoms with van der Waals surface area (Å²) >= 11 is 0. The lowest BCUT2D eigenvalue weighted by Gasteiger charge is -2.19. The highest BCUT2D eigenvalue weighted by Crippen LogP contribution is 2.29. The minimum atomic E-state index is -0.261. The average Bonchev–Trinajstić information content (AvgIpc) is 2.84. The summed E-state index contributed by atoms with van der Waals surface area (Å²) in [6.45, 7) is 1.46. The molecule has 2 N–H and O–H groups in total. The van der Waals surface area contributed by atoms with E-state index in [2.05, 4.69) is 9.88 Å². The van der Waals surface area contributed by atoms with Gasteiger partial charge >= 0.3 is 0 Å². The van der Waals surface area contributed by atoms with Crippen LogP contribution in [0.4, 0.5) is 5.82 Å². The normalized spacial score (nSPS) is 19.7. The third-order valence-corrected chi connectivity index (χ3v) is 3.49. The van der Waals surface area contributed by atoms with Crippen molar-refractivity contribution in [2.24, 2.45) is 0 Å². The average molecular weight is 244 g/mol. The molecular weight excluding hydrogens is 228 g/mol. The molecule has 2 aromatic rings. The number of aliphatic hydroxyl groups is 2. The van der Waals surface area contributed by atoms with E-state index in [4.69, 9.17) is 0 Å². The molecule has 1 unspecified atom stereocenters. The van der Waals surface area contributed by atoms with E-state index in [1.807, 2.05) is 24.3 Å². The monoisotopic (exact) mass is 244 g/mol. The van der Waals surface area contributed by atoms with Crippen molar-refractivity contribution in [3.63, 3.8) is 0 Å². The van der Waals surface area contributed by atoms with Gasteiger partial charge in [-0.2, -0.15) is 0 Å². The quantitative estimate of drug-likeness (QED) is 0.836. The van der Waals surface area contributed by atoms with Gasteiger partial charge in [-0.15, -0.1) is 0 Å². The molecule has 1 fully saturated rings. The molecule has 1 atom stereocenters. The number of rotatable bonds is 2. The largest absolute Gasteiger partial charge is 0.392 e. The maximum atomic E-state index is 9.62. The predicted molar refractivity (Wildman–Crippen MR) is 70.5 cm³/mol. The molecule has 0 saturated carbocycles. The lowest BCUT2D eigenvalue weighted by molar-refractivity contribution is 0.198. The molecule has 1 aliphatic heterocycles. The van der Waals surface area contributed by atoms with E-state index in [-0.39, 0.29) is 12.7 Å². The first kappa shape index (κ1) is 11.4. The molecule has 1 saturated heterocycles. The van der Waals surface area contributed by atoms with E-state index < -0.39 is 0 Å². The third kappa shape index (κ3) is 1.83. The standard InChI is InChI=1S/C14H16N2O2/c17-9-10-7-15-14(16-6-5-11(18)8-16)13-4-2-1-3-12(10)13/h1-4,7,11,17-18H,5-6,8-9H2. The minimum Gasteiger partial charge on any atom is -0.392 e. The molecule has 0 radical (unpaired) electrons. The molecule has 1 aromatic heterocycles. The first-order valence-electron chi connectivity index (χ1n) is 6.20. The van der Waals surface area contributed by atoms with Gasteiger partial charge in [0.05, 0.1) is 12.7 Å². The van der Waals surface area contributed by atoms with E-state index >= 15 is 0 Å². The van der Waals surface area contributed by atoms with Crippen LogP contribution in [0.3, 0.4) is 0 Å². The smallest absolute Gasteiger partial charge is 0.136 e. The second-order valence-corrected chi connectivity index (χ2v) is 4.70. The van der Waals surface area contributed by atoms with Crippen molar-refractivity contribution in [2.45, 2.75) is 19.1 Å². The lowest BCUT2D eigenvalue weighted by atomic mass is 10.1. The number of benzene rings is 1. The summed E-state index contributed by atoms with van der Waals surface area (Å²) in [6, 6.07) is 7.95. The number of nitrogens with zero attached hydrogens (tertiary/aromatic N) is 2. The Hall–Kier alpha value is -1.65. The van der Waals surface area contributed by atoms with Gasteiger partial charge in [-0.3, -0.25) is 0 Å². The maximum Gasteiger partial charge on any atom is 0.136 e. The molecule has 4 nitrogen and oxygen atoms in total. The topological polar surface area (TPSA) is 56.6 Å². The van der Waals surface area contributed by atoms with Crippen molar-refractivity contribution >= 4 is 16.6 Å². The van der Waals surface area contributed by atoms with E-state index in [1.165, 1.54) is 0 Å². The zero-order valence-corrected chi connectivity index (χ0v) is 10.1. The molecule has 1 aromatic carbocycles. The Labute approximate surface area is 105 Å². The summed E-state index contributed by atoms with van der Waals surface area (Å²) in [7, 11) is 0. The Morgan fingerprint density at radius 1 is 1.28 bits per heavy atom. The van der Waals surface area contributed by atoms with Crippen molar-refractivity contribution in [3.05, 3.63) is 36.0 Å². The van der Waals surface area contributed by atoms with Crippen molar-refractivity contribution in [3.8, 4) is 0 Å². The summed E-state index contributed by atoms with van der Waals surface area (Å²) in [5.41, 5.74) is 0.842. The molecule has 0 aliphatic carbocycles. The van der Waals surface area contributed by atoms with Gasteiger partial charge in [0, 0.05) is 30.2 Å². The molecule has 0 spiro atoms. The zero-order chi connectivity index (χ0) is 12.5. The Balaban J connectivity index is 2.13. The molecule has 2 heterocycles. The van der Waals surface area contributed by atoms with Crippen LogP contribution in [0.15, 0.2) is 30.5 Å². The molecule has 18 heavy (non-hydrogen) atoms. The molecule has 0 amide bonds. The minimum absolute atomic E-state index is 0.00355. The predicted octanol–water partition coefficient (Wildman–Crippen LogP) is 1.30. The molecule has 1 aliphatic rings. The Kier molecular flexibility index (Phi) is 2.89. The molecular formula is C14H16N2O2. The van der Waals surface area contributed by atoms with E-state index in [0.717, 1.165) is 35.1 Å². The van der Waals surface area contributed by atoms with Crippen LogP contribution in [0.2, 0.25) is 0 Å². The number of aromatic nitrogens is 1. The summed E-state index contributed by atoms with van der Waals surface area (Å²) in [6.07, 6.45) is 2.25. The Bertz CT molecular complexity index is 571. The number of anilines is 1. The highest BCUT2D eigenvalue weighted by atomic mass is 16.3. The fourth-order valence-electron chi connectivity index (χ4n) is 2.55. The first-order valence-corrected chi connectivity index (χ1v) is 6.20. The van der Waals surface area contributed by atoms with Gasteiger partial charge in [-0.1, -0.05) is 24.3 Å². The number of pyridine rings is 1. The highest BCUT2D eigenvalue weighted by Gasteiger charge is 2.23. The van der Waals surface area contributed by atoms with Crippen LogP contribution in [0.5, 0.6) is 0 Å². The van der Waals surface area contributed by atoms with Gasteiger partial charge < -0.3 is 15.1 Å². The fraction of sp³-hybridized carbons (Fsp3) is 0.357. The Morgan fingerprint density at radius 2 is 2.06 bits per heavy atom. The van der Waals surface area contributed by atoms with Gasteiger partial charge in [-0.05, 0) is 11.8 Å². The van der Waals surface area contributed by atoms with Crippen LogP contribution in [0, 0.1) is 0 Å². The second kappa shape index (κ2) is 4.55. The third-order valence-electron chi connectivity index (χ3n) is 3.49. The summed E-state index contributed by atoms with van der Waals surface area (Å²) in [5.74, 6) is 0.902. The van der Waals surface area contributed by atoms with Crippen LogP contribution in [0.1, 0.15) is 12.0 Å². The zero-order valence-electron chi connectivity index (χ0n) is 10.1. The molecule has 4 heteroatoms. The van der Waals surface area contributed by atoms with E-state index in [9.17, 15) is 10.2 Å². The van der Waals surface area contributed by atoms with Gasteiger partial charge in [0.15, 0.2) is 0 Å². The molecule has 94 valence electrons. The lowest BCUT2D eigenvalue weighted by Crippen LogP contribution is -2.22. The van der Waals surface area contributed by atoms with Gasteiger partial charge in [-0.25, -0.2) is 4.98 Å². The highest BCUT2D eigenvalue weighted by molar-refractivity contribution is 5.94. The maximum absolute atomic E-state index is 9.62. The molecule has 3 rings (SSSR count). The van der Waals surface area contributed by atoms with E-state index in [0.29, 0.717) is 6.54 Å². The van der Waals surface area contributed by atoms with Crippen LogP contribution in [-0.2, 0) is 6.61 Å². The van der Waals surface area contributed by atoms with Crippen LogP contribution < -0.4 is 4.90 Å². The second-order valence-electron chi connectivity index (χ2n) is 4.70. The van der Waals surface area contributed by atoms with Crippen molar-refractivity contribution < 1.29 is 10.2 Å². The summed E-state index contributed by atoms with van der Waals surface area (Å²) in [4.78, 5) is 6.55. The number of β-amino-alcohol motifs (C(OH)–C–C–N with tert-alkyl or cyclic N) is 1. The molecule has 0 bridgehead atoms. The SMILES string of the molecule is OCc1cnc(N2CCC(O)C2)c2ccccc12. The summed E-state index contributed by atoms with van der Waals surface area (Å²) < 4.78 is 0. The van der Waals surface area contributed by atoms with Crippen LogP contribution in [0.25, 0.3) is 10.8 Å². The van der Waals surface area contributed by atoms with E-state index in [1.54, 1.807) is 6.20 Å². The van der Waals surface area contributed by atoms with Gasteiger partial charge in [0.2, 0.25) is 0 Å². The number of hydrogen-bond donors (Lipinski definition) is 2. The van der Waals surface area contributed by atoms with Crippen LogP contribution in [-0.4, -0.2) is 34.4 Å². The first-order chi connectivity index (χ1) is 8.79. The van der Waals surface area contributed by atoms with Gasteiger partial charge in [0.1, 0.15) is 5.82 Å². The van der Waals surface area contributed by atoms with Crippen molar-refractivity contribution in [1.82, 2.24) is 4.98 Å². The number of aliphatic hydroxyl groups excluding tert-OH is 2. The Morgan fingerprint density at radius 3 is 2.72 bits per heavy atom. The van der Waals surface area contributed by atoms with Crippen molar-refractivity contribution in [2.75, 3.05) is 18.0 Å². The summed E-state index contributed by atoms with van der Waals surface area (Å²) in [5, 5.41) is 21.0. The fourth-order valence-corrected chi connectivity index (χ4v) is 2.55. The van der Waals surface area contributed by atoms with Crippen LogP contribution >= 0.6 is 0 Å². The number of fused-ring (bicyclic) bond motifs is 1. The van der Waals surface area contributed by atoms with Crippen molar-refractivity contribution in [1.29, 1.82) is 0 Å².